The highest BCUT2D eigenvalue weighted by molar-refractivity contribution is 5.82. The Labute approximate surface area is 128 Å². The summed E-state index contributed by atoms with van der Waals surface area (Å²) in [6.07, 6.45) is 4.39. The third kappa shape index (κ3) is 3.09. The minimum atomic E-state index is 0.0749. The molecule has 0 amide bonds. The Morgan fingerprint density at radius 2 is 2.05 bits per heavy atom. The summed E-state index contributed by atoms with van der Waals surface area (Å²) >= 11 is 0. The van der Waals surface area contributed by atoms with Crippen LogP contribution in [0.25, 0.3) is 10.9 Å². The third-order valence-electron chi connectivity index (χ3n) is 3.78. The normalized spacial score (nSPS) is 11.2. The minimum Gasteiger partial charge on any atom is -0.357 e. The fraction of sp³-hybridized carbons (Fsp3) is 0.294. The number of benzene rings is 1. The molecule has 0 aliphatic rings. The maximum absolute atomic E-state index is 12.3. The van der Waals surface area contributed by atoms with E-state index in [1.807, 2.05) is 26.1 Å². The average Bonchev–Trinajstić information content (AvgIpc) is 2.98. The summed E-state index contributed by atoms with van der Waals surface area (Å²) in [7, 11) is 0. The lowest BCUT2D eigenvalue weighted by Gasteiger charge is -2.09. The van der Waals surface area contributed by atoms with Crippen molar-refractivity contribution >= 4 is 10.9 Å². The summed E-state index contributed by atoms with van der Waals surface area (Å²) < 4.78 is 0. The van der Waals surface area contributed by atoms with Crippen molar-refractivity contribution in [1.82, 2.24) is 20.3 Å². The third-order valence-corrected chi connectivity index (χ3v) is 3.78. The number of hydrogen-bond acceptors (Lipinski definition) is 3. The molecule has 0 saturated carbocycles. The lowest BCUT2D eigenvalue weighted by atomic mass is 10.1. The maximum atomic E-state index is 12.3. The van der Waals surface area contributed by atoms with Gasteiger partial charge >= 0.3 is 0 Å². The van der Waals surface area contributed by atoms with Gasteiger partial charge in [0, 0.05) is 48.5 Å². The van der Waals surface area contributed by atoms with Crippen LogP contribution in [0.3, 0.4) is 0 Å². The molecule has 114 valence electrons. The highest BCUT2D eigenvalue weighted by atomic mass is 16.1. The predicted molar refractivity (Wildman–Crippen MR) is 88.0 cm³/mol. The number of H-pyrrole nitrogens is 2. The van der Waals surface area contributed by atoms with E-state index in [1.165, 1.54) is 0 Å². The van der Waals surface area contributed by atoms with E-state index in [-0.39, 0.29) is 5.43 Å². The molecule has 0 bridgehead atoms. The average molecular weight is 296 g/mol. The quantitative estimate of drug-likeness (QED) is 0.632. The molecule has 1 aromatic carbocycles. The van der Waals surface area contributed by atoms with Crippen molar-refractivity contribution in [3.63, 3.8) is 0 Å². The van der Waals surface area contributed by atoms with E-state index in [1.54, 1.807) is 12.4 Å². The van der Waals surface area contributed by atoms with Crippen LogP contribution in [0.5, 0.6) is 0 Å². The van der Waals surface area contributed by atoms with Crippen LogP contribution in [0.2, 0.25) is 0 Å². The topological polar surface area (TPSA) is 73.6 Å². The first-order valence-corrected chi connectivity index (χ1v) is 7.44. The van der Waals surface area contributed by atoms with E-state index >= 15 is 0 Å². The number of aromatic nitrogens is 3. The molecule has 5 nitrogen and oxygen atoms in total. The Morgan fingerprint density at radius 3 is 2.82 bits per heavy atom. The Hall–Kier alpha value is -2.40. The molecule has 0 aliphatic carbocycles. The fourth-order valence-electron chi connectivity index (χ4n) is 2.72. The molecule has 0 unspecified atom stereocenters. The highest BCUT2D eigenvalue weighted by Gasteiger charge is 2.05. The van der Waals surface area contributed by atoms with Crippen LogP contribution in [0.1, 0.15) is 22.5 Å². The van der Waals surface area contributed by atoms with E-state index in [2.05, 4.69) is 26.3 Å². The summed E-state index contributed by atoms with van der Waals surface area (Å²) in [5.41, 5.74) is 5.24. The van der Waals surface area contributed by atoms with Gasteiger partial charge in [0.05, 0.1) is 11.8 Å². The van der Waals surface area contributed by atoms with Crippen LogP contribution in [0.4, 0.5) is 0 Å². The summed E-state index contributed by atoms with van der Waals surface area (Å²) in [6, 6.07) is 5.72. The van der Waals surface area contributed by atoms with Crippen LogP contribution in [0.15, 0.2) is 35.5 Å². The number of nitrogens with one attached hydrogen (secondary N) is 3. The van der Waals surface area contributed by atoms with Gasteiger partial charge in [0.1, 0.15) is 0 Å². The van der Waals surface area contributed by atoms with Gasteiger partial charge in [-0.25, -0.2) is 4.98 Å². The zero-order valence-electron chi connectivity index (χ0n) is 12.9. The monoisotopic (exact) mass is 296 g/mol. The maximum Gasteiger partial charge on any atom is 0.189 e. The molecule has 3 aromatic rings. The SMILES string of the molecule is Cc1cc(C)c2[nH]c(CNCCc3cnc[nH]3)cc(=O)c2c1. The Morgan fingerprint density at radius 1 is 1.18 bits per heavy atom. The van der Waals surface area contributed by atoms with E-state index < -0.39 is 0 Å². The predicted octanol–water partition coefficient (Wildman–Crippen LogP) is 2.20. The van der Waals surface area contributed by atoms with Gasteiger partial charge in [-0.1, -0.05) is 6.07 Å². The molecular weight excluding hydrogens is 276 g/mol. The van der Waals surface area contributed by atoms with Crippen molar-refractivity contribution in [1.29, 1.82) is 0 Å². The molecule has 0 fully saturated rings. The second kappa shape index (κ2) is 6.15. The number of hydrogen-bond donors (Lipinski definition) is 3. The first-order chi connectivity index (χ1) is 10.6. The molecule has 0 aliphatic heterocycles. The molecule has 0 spiro atoms. The highest BCUT2D eigenvalue weighted by Crippen LogP contribution is 2.16. The molecule has 0 saturated heterocycles. The van der Waals surface area contributed by atoms with E-state index in [4.69, 9.17) is 0 Å². The summed E-state index contributed by atoms with van der Waals surface area (Å²) in [4.78, 5) is 22.7. The molecule has 3 rings (SSSR count). The molecular formula is C17H20N4O. The number of fused-ring (bicyclic) bond motifs is 1. The molecule has 3 N–H and O–H groups in total. The second-order valence-electron chi connectivity index (χ2n) is 5.67. The van der Waals surface area contributed by atoms with E-state index in [9.17, 15) is 4.79 Å². The van der Waals surface area contributed by atoms with Crippen LogP contribution in [0, 0.1) is 13.8 Å². The lowest BCUT2D eigenvalue weighted by Crippen LogP contribution is -2.19. The van der Waals surface area contributed by atoms with Crippen molar-refractivity contribution in [2.75, 3.05) is 6.54 Å². The van der Waals surface area contributed by atoms with Crippen molar-refractivity contribution in [3.8, 4) is 0 Å². The molecule has 0 atom stereocenters. The number of aromatic amines is 2. The number of imidazole rings is 1. The van der Waals surface area contributed by atoms with Crippen molar-refractivity contribution in [2.45, 2.75) is 26.8 Å². The molecule has 22 heavy (non-hydrogen) atoms. The van der Waals surface area contributed by atoms with Crippen LogP contribution in [-0.2, 0) is 13.0 Å². The number of pyridine rings is 1. The number of aryl methyl sites for hydroxylation is 2. The summed E-state index contributed by atoms with van der Waals surface area (Å²) in [6.45, 7) is 5.51. The van der Waals surface area contributed by atoms with Crippen LogP contribution >= 0.6 is 0 Å². The zero-order chi connectivity index (χ0) is 15.5. The standard InChI is InChI=1S/C17H20N4O/c1-11-5-12(2)17-15(6-11)16(22)7-14(21-17)9-18-4-3-13-8-19-10-20-13/h5-8,10,18H,3-4,9H2,1-2H3,(H,19,20)(H,21,22). The first-order valence-electron chi connectivity index (χ1n) is 7.44. The van der Waals surface area contributed by atoms with Gasteiger partial charge in [-0.15, -0.1) is 0 Å². The van der Waals surface area contributed by atoms with Gasteiger partial charge in [0.2, 0.25) is 0 Å². The van der Waals surface area contributed by atoms with Gasteiger partial charge in [-0.05, 0) is 31.0 Å². The van der Waals surface area contributed by atoms with Crippen molar-refractivity contribution in [3.05, 3.63) is 63.5 Å². The Kier molecular flexibility index (Phi) is 4.06. The molecule has 5 heteroatoms. The van der Waals surface area contributed by atoms with Crippen molar-refractivity contribution in [2.24, 2.45) is 0 Å². The van der Waals surface area contributed by atoms with Gasteiger partial charge in [0.15, 0.2) is 5.43 Å². The fourth-order valence-corrected chi connectivity index (χ4v) is 2.72. The smallest absolute Gasteiger partial charge is 0.189 e. The van der Waals surface area contributed by atoms with Gasteiger partial charge in [-0.2, -0.15) is 0 Å². The van der Waals surface area contributed by atoms with E-state index in [0.717, 1.165) is 46.4 Å². The van der Waals surface area contributed by atoms with Gasteiger partial charge in [0.25, 0.3) is 0 Å². The van der Waals surface area contributed by atoms with Crippen LogP contribution < -0.4 is 10.7 Å². The van der Waals surface area contributed by atoms with Gasteiger partial charge < -0.3 is 15.3 Å². The molecule has 0 radical (unpaired) electrons. The van der Waals surface area contributed by atoms with Crippen LogP contribution in [-0.4, -0.2) is 21.5 Å². The molecule has 2 heterocycles. The second-order valence-corrected chi connectivity index (χ2v) is 5.67. The lowest BCUT2D eigenvalue weighted by molar-refractivity contribution is 0.671. The summed E-state index contributed by atoms with van der Waals surface area (Å²) in [5, 5.41) is 4.11. The van der Waals surface area contributed by atoms with Crippen molar-refractivity contribution < 1.29 is 0 Å². The minimum absolute atomic E-state index is 0.0749. The Bertz CT molecular complexity index is 834. The number of rotatable bonds is 5. The largest absolute Gasteiger partial charge is 0.357 e. The molecule has 2 aromatic heterocycles. The Balaban J connectivity index is 1.73. The summed E-state index contributed by atoms with van der Waals surface area (Å²) in [5.74, 6) is 0. The van der Waals surface area contributed by atoms with E-state index in [0.29, 0.717) is 6.54 Å². The van der Waals surface area contributed by atoms with Gasteiger partial charge in [-0.3, -0.25) is 4.79 Å². The number of nitrogens with zero attached hydrogens (tertiary/aromatic N) is 1. The first kappa shape index (κ1) is 14.5. The zero-order valence-corrected chi connectivity index (χ0v) is 12.9.